The molecule has 3 unspecified atom stereocenters. The Labute approximate surface area is 639 Å². The number of halogens is 2. The van der Waals surface area contributed by atoms with Crippen molar-refractivity contribution in [3.05, 3.63) is 299 Å². The summed E-state index contributed by atoms with van der Waals surface area (Å²) in [6.07, 6.45) is 2.23. The van der Waals surface area contributed by atoms with E-state index in [4.69, 9.17) is 56.1 Å². The van der Waals surface area contributed by atoms with Crippen LogP contribution in [0.3, 0.4) is 0 Å². The Morgan fingerprint density at radius 1 is 0.442 bits per heavy atom. The summed E-state index contributed by atoms with van der Waals surface area (Å²) in [7, 11) is 0. The standard InChI is InChI=1S/C28H25ClFNO3S2.C28H27NO3S2.C28H27NO3SSe/c1-16-7-9-19(10-8-16)28-31-18(3)27(36-28)25(14-21-22(29)5-4-6-23(21)30)35-20-11-12-24(17(2)13-20)34-15-26(32)33;1-18-9-11-22(12-10-18)28-29-20(3)27(34-28)25(16-21-7-5-4-6-8-21)33-23-13-14-24(19(2)15-23)32-17-26(30)31;1-18-9-11-22(12-10-18)28-29-20(3)27(33-28)25(16-21-7-5-4-6-8-21)34-23-13-14-24(19(2)15-23)32-17-26(30)31/h4-13,25H,14-15H2,1-3H3,(H,32,33);2*4-15,25H,16-17H2,1-3H3,(H,30,31). The molecule has 0 bridgehead atoms. The zero-order valence-electron chi connectivity index (χ0n) is 58.9. The predicted molar refractivity (Wildman–Crippen MR) is 425 cm³/mol. The molecule has 0 spiro atoms. The maximum atomic E-state index is 14.8. The Kier molecular flexibility index (Phi) is 27.8. The first-order valence-corrected chi connectivity index (χ1v) is 39.9. The van der Waals surface area contributed by atoms with Crippen LogP contribution in [0.5, 0.6) is 17.2 Å². The molecule has 12 nitrogen and oxygen atoms in total. The molecule has 0 aliphatic heterocycles. The average molecular weight is 1570 g/mol. The summed E-state index contributed by atoms with van der Waals surface area (Å²) >= 11 is 15.1. The van der Waals surface area contributed by atoms with Crippen molar-refractivity contribution in [2.45, 2.75) is 107 Å². The van der Waals surface area contributed by atoms with E-state index in [0.717, 1.165) is 93.0 Å². The first kappa shape index (κ1) is 77.7. The quantitative estimate of drug-likeness (QED) is 0.0327. The second-order valence-electron chi connectivity index (χ2n) is 24.9. The first-order valence-electron chi connectivity index (χ1n) is 33.5. The number of aryl methyl sites for hydroxylation is 9. The van der Waals surface area contributed by atoms with Gasteiger partial charge in [0.1, 0.15) is 27.3 Å². The Balaban J connectivity index is 0.000000168. The number of ether oxygens (including phenoxy) is 3. The number of carbonyl (C=O) groups is 3. The van der Waals surface area contributed by atoms with E-state index < -0.39 is 24.5 Å². The third-order valence-corrected chi connectivity index (χ3v) is 26.5. The number of carboxylic acids is 3. The van der Waals surface area contributed by atoms with Gasteiger partial charge in [-0.3, -0.25) is 0 Å². The van der Waals surface area contributed by atoms with Gasteiger partial charge in [0, 0.05) is 51.8 Å². The van der Waals surface area contributed by atoms with Crippen LogP contribution in [-0.2, 0) is 33.6 Å². The van der Waals surface area contributed by atoms with Crippen molar-refractivity contribution in [3.8, 4) is 49.0 Å². The van der Waals surface area contributed by atoms with Gasteiger partial charge in [-0.2, -0.15) is 0 Å². The Hall–Kier alpha value is -8.88. The van der Waals surface area contributed by atoms with Gasteiger partial charge in [-0.15, -0.1) is 46.2 Å². The number of carboxylic acid groups (broad SMARTS) is 3. The van der Waals surface area contributed by atoms with Crippen LogP contribution in [0, 0.1) is 68.1 Å². The summed E-state index contributed by atoms with van der Waals surface area (Å²) in [4.78, 5) is 53.3. The van der Waals surface area contributed by atoms with Gasteiger partial charge in [0.15, 0.2) is 13.2 Å². The predicted octanol–water partition coefficient (Wildman–Crippen LogP) is 20.9. The van der Waals surface area contributed by atoms with E-state index in [0.29, 0.717) is 39.1 Å². The molecule has 0 amide bonds. The molecule has 9 aromatic carbocycles. The van der Waals surface area contributed by atoms with Crippen molar-refractivity contribution < 1.29 is 48.3 Å². The summed E-state index contributed by atoms with van der Waals surface area (Å²) in [5, 5.41) is 30.2. The number of nitrogens with zero attached hydrogens (tertiary/aromatic N) is 3. The zero-order valence-corrected chi connectivity index (χ0v) is 65.5. The fourth-order valence-electron chi connectivity index (χ4n) is 11.2. The molecule has 3 heterocycles. The SMILES string of the molecule is Cc1ccc(-c2nc(C)c(C(Cc3c(F)cccc3Cl)Sc3ccc(OCC(=O)O)c(C)c3)s2)cc1.Cc1ccc(-c2nc(C)c(C(Cc3ccccc3)Sc3ccc(OCC(=O)O)c(C)c3)s2)cc1.Cc1ccc(-c2nc(C)c(C(Cc3ccccc3)[Se]c3ccc(OCC(=O)O)c(C)c3)s2)cc1. The number of rotatable bonds is 27. The fraction of sp³-hybridized carbons (Fsp3) is 0.214. The number of hydrogen-bond donors (Lipinski definition) is 3. The van der Waals surface area contributed by atoms with Crippen LogP contribution in [-0.4, -0.2) is 83.0 Å². The van der Waals surface area contributed by atoms with Gasteiger partial charge in [0.05, 0.1) is 11.4 Å². The molecule has 20 heteroatoms. The van der Waals surface area contributed by atoms with Gasteiger partial charge in [-0.05, 0) is 120 Å². The maximum absolute atomic E-state index is 14.8. The monoisotopic (exact) mass is 1570 g/mol. The molecule has 534 valence electrons. The molecule has 3 N–H and O–H groups in total. The molecular formula is C84H79ClFN3O9S5Se. The molecule has 12 rings (SSSR count). The van der Waals surface area contributed by atoms with Gasteiger partial charge < -0.3 is 19.7 Å². The van der Waals surface area contributed by atoms with Crippen LogP contribution in [0.15, 0.2) is 216 Å². The van der Waals surface area contributed by atoms with Crippen molar-refractivity contribution >= 4 is 106 Å². The van der Waals surface area contributed by atoms with Gasteiger partial charge in [-0.1, -0.05) is 108 Å². The van der Waals surface area contributed by atoms with Crippen LogP contribution in [0.2, 0.25) is 5.02 Å². The van der Waals surface area contributed by atoms with Crippen molar-refractivity contribution in [1.29, 1.82) is 0 Å². The van der Waals surface area contributed by atoms with Crippen LogP contribution in [0.25, 0.3) is 31.7 Å². The van der Waals surface area contributed by atoms with Crippen LogP contribution < -0.4 is 18.7 Å². The Morgan fingerprint density at radius 3 is 1.21 bits per heavy atom. The molecule has 0 saturated heterocycles. The summed E-state index contributed by atoms with van der Waals surface area (Å²) in [6.45, 7) is 17.1. The second kappa shape index (κ2) is 37.2. The molecule has 0 aliphatic carbocycles. The minimum atomic E-state index is -1.03. The molecule has 0 radical (unpaired) electrons. The van der Waals surface area contributed by atoms with Gasteiger partial charge in [0.25, 0.3) is 0 Å². The molecule has 0 aliphatic rings. The second-order valence-corrected chi connectivity index (χ2v) is 33.7. The normalized spacial score (nSPS) is 11.9. The van der Waals surface area contributed by atoms with E-state index in [9.17, 15) is 18.8 Å². The average Bonchev–Trinajstić information content (AvgIpc) is 1.64. The van der Waals surface area contributed by atoms with E-state index in [1.807, 2.05) is 82.8 Å². The van der Waals surface area contributed by atoms with Gasteiger partial charge in [0.2, 0.25) is 0 Å². The number of thioether (sulfide) groups is 2. The Morgan fingerprint density at radius 2 is 0.817 bits per heavy atom. The summed E-state index contributed by atoms with van der Waals surface area (Å²) in [6, 6.07) is 68.8. The fourth-order valence-corrected chi connectivity index (χ4v) is 20.9. The Bertz CT molecular complexity index is 4680. The van der Waals surface area contributed by atoms with E-state index in [2.05, 4.69) is 173 Å². The summed E-state index contributed by atoms with van der Waals surface area (Å²) in [5.41, 5.74) is 15.8. The number of thiazole rings is 3. The molecular weight excluding hydrogens is 1490 g/mol. The molecule has 104 heavy (non-hydrogen) atoms. The molecule has 3 aromatic heterocycles. The van der Waals surface area contributed by atoms with E-state index in [-0.39, 0.29) is 44.5 Å². The van der Waals surface area contributed by atoms with E-state index in [1.54, 1.807) is 64.0 Å². The number of aromatic nitrogens is 3. The van der Waals surface area contributed by atoms with Crippen LogP contribution in [0.1, 0.15) is 97.1 Å². The summed E-state index contributed by atoms with van der Waals surface area (Å²) < 4.78 is 32.2. The molecule has 3 atom stereocenters. The van der Waals surface area contributed by atoms with Crippen molar-refractivity contribution in [3.63, 3.8) is 0 Å². The number of benzene rings is 9. The van der Waals surface area contributed by atoms with Crippen LogP contribution >= 0.6 is 69.1 Å². The van der Waals surface area contributed by atoms with E-state index >= 15 is 0 Å². The number of aliphatic carboxylic acids is 3. The zero-order chi connectivity index (χ0) is 74.0. The van der Waals surface area contributed by atoms with Crippen molar-refractivity contribution in [2.75, 3.05) is 19.8 Å². The number of hydrogen-bond acceptors (Lipinski definition) is 14. The molecule has 12 aromatic rings. The van der Waals surface area contributed by atoms with Crippen LogP contribution in [0.4, 0.5) is 4.39 Å². The summed E-state index contributed by atoms with van der Waals surface area (Å²) in [5.74, 6) is -1.57. The topological polar surface area (TPSA) is 178 Å². The molecule has 0 saturated carbocycles. The van der Waals surface area contributed by atoms with E-state index in [1.165, 1.54) is 48.1 Å². The molecule has 0 fully saturated rings. The van der Waals surface area contributed by atoms with Crippen molar-refractivity contribution in [2.24, 2.45) is 0 Å². The van der Waals surface area contributed by atoms with Gasteiger partial charge >= 0.3 is 223 Å². The van der Waals surface area contributed by atoms with Crippen molar-refractivity contribution in [1.82, 2.24) is 15.0 Å². The first-order chi connectivity index (χ1) is 50.0. The van der Waals surface area contributed by atoms with Gasteiger partial charge in [-0.25, -0.2) is 23.9 Å². The third kappa shape index (κ3) is 22.1. The third-order valence-electron chi connectivity index (χ3n) is 16.6. The minimum absolute atomic E-state index is 0.138.